The fourth-order valence-electron chi connectivity index (χ4n) is 6.11. The average molecular weight is 655 g/mol. The van der Waals surface area contributed by atoms with Gasteiger partial charge in [-0.1, -0.05) is 56.3 Å². The Labute approximate surface area is 288 Å². The summed E-state index contributed by atoms with van der Waals surface area (Å²) >= 11 is 0. The van der Waals surface area contributed by atoms with Gasteiger partial charge in [-0.15, -0.1) is 0 Å². The lowest BCUT2D eigenvalue weighted by Crippen LogP contribution is -2.41. The van der Waals surface area contributed by atoms with Crippen LogP contribution in [-0.4, -0.2) is 41.0 Å². The molecule has 6 rings (SSSR count). The molecule has 7 nitrogen and oxygen atoms in total. The van der Waals surface area contributed by atoms with Crippen molar-refractivity contribution in [3.8, 4) is 28.4 Å². The molecule has 7 heteroatoms. The summed E-state index contributed by atoms with van der Waals surface area (Å²) in [7, 11) is 0. The quantitative estimate of drug-likeness (QED) is 0.157. The Balaban J connectivity index is 0.977. The minimum atomic E-state index is -0.138. The van der Waals surface area contributed by atoms with Gasteiger partial charge in [0.1, 0.15) is 30.0 Å². The monoisotopic (exact) mass is 654 g/mol. The van der Waals surface area contributed by atoms with E-state index < -0.39 is 0 Å². The number of piperidine rings is 1. The largest absolute Gasteiger partial charge is 0.508 e. The minimum Gasteiger partial charge on any atom is -0.508 e. The summed E-state index contributed by atoms with van der Waals surface area (Å²) in [5.74, 6) is 1.92. The van der Waals surface area contributed by atoms with Crippen LogP contribution in [0.25, 0.3) is 11.1 Å². The molecule has 5 aromatic carbocycles. The molecule has 1 aliphatic rings. The van der Waals surface area contributed by atoms with E-state index >= 15 is 0 Å². The van der Waals surface area contributed by atoms with Crippen LogP contribution in [0.5, 0.6) is 17.2 Å². The van der Waals surface area contributed by atoms with E-state index in [2.05, 4.69) is 32.2 Å². The summed E-state index contributed by atoms with van der Waals surface area (Å²) in [5, 5.41) is 12.5. The number of benzene rings is 5. The van der Waals surface area contributed by atoms with Gasteiger partial charge in [0.05, 0.1) is 0 Å². The van der Waals surface area contributed by atoms with Gasteiger partial charge in [-0.3, -0.25) is 9.59 Å². The zero-order valence-corrected chi connectivity index (χ0v) is 28.2. The number of rotatable bonds is 10. The molecule has 0 aromatic heterocycles. The van der Waals surface area contributed by atoms with Crippen LogP contribution in [0.3, 0.4) is 0 Å². The van der Waals surface area contributed by atoms with Crippen LogP contribution in [0.1, 0.15) is 70.0 Å². The third-order valence-corrected chi connectivity index (χ3v) is 8.95. The highest BCUT2D eigenvalue weighted by Crippen LogP contribution is 2.27. The average Bonchev–Trinajstić information content (AvgIpc) is 3.12. The van der Waals surface area contributed by atoms with Crippen molar-refractivity contribution in [2.75, 3.05) is 18.4 Å². The number of phenolic OH excluding ortho intramolecular Hbond substituents is 1. The van der Waals surface area contributed by atoms with Crippen molar-refractivity contribution >= 4 is 17.5 Å². The molecule has 1 fully saturated rings. The molecule has 1 heterocycles. The molecule has 0 atom stereocenters. The van der Waals surface area contributed by atoms with Crippen LogP contribution in [-0.2, 0) is 6.61 Å². The Morgan fingerprint density at radius 2 is 1.49 bits per heavy atom. The van der Waals surface area contributed by atoms with Crippen LogP contribution in [0.15, 0.2) is 115 Å². The molecule has 2 amide bonds. The predicted molar refractivity (Wildman–Crippen MR) is 194 cm³/mol. The maximum Gasteiger partial charge on any atom is 0.255 e. The summed E-state index contributed by atoms with van der Waals surface area (Å²) in [6, 6.07) is 35.9. The number of carbonyl (C=O) groups excluding carboxylic acids is 2. The normalized spacial score (nSPS) is 13.3. The van der Waals surface area contributed by atoms with Crippen molar-refractivity contribution in [3.63, 3.8) is 0 Å². The SMILES string of the molecule is Cc1ccc(NC(=O)c2cccc(-c3ccc(OCc4ccc(OC5CCN(C(=O)c6ccc(O)cc6)CC5)cc4)cc3)c2)cc1C(C)C. The van der Waals surface area contributed by atoms with Crippen molar-refractivity contribution in [2.24, 2.45) is 0 Å². The standard InChI is InChI=1S/C42H42N2O5/c1-28(2)40-26-35(14-7-29(40)3)43-41(46)34-6-4-5-33(25-34)31-12-19-37(20-13-31)48-27-30-8-17-38(18-9-30)49-39-21-23-44(24-22-39)42(47)32-10-15-36(45)16-11-32/h4-20,25-26,28,39,45H,21-24,27H2,1-3H3,(H,43,46). The van der Waals surface area contributed by atoms with Gasteiger partial charge in [-0.25, -0.2) is 0 Å². The first-order valence-corrected chi connectivity index (χ1v) is 16.8. The topological polar surface area (TPSA) is 88.1 Å². The highest BCUT2D eigenvalue weighted by molar-refractivity contribution is 6.05. The van der Waals surface area contributed by atoms with Crippen molar-refractivity contribution in [3.05, 3.63) is 143 Å². The third kappa shape index (κ3) is 8.49. The van der Waals surface area contributed by atoms with E-state index in [0.717, 1.165) is 46.7 Å². The van der Waals surface area contributed by atoms with Crippen molar-refractivity contribution < 1.29 is 24.2 Å². The highest BCUT2D eigenvalue weighted by atomic mass is 16.5. The molecular weight excluding hydrogens is 612 g/mol. The zero-order chi connectivity index (χ0) is 34.3. The number of hydrogen-bond acceptors (Lipinski definition) is 5. The number of aryl methyl sites for hydroxylation is 1. The summed E-state index contributed by atoms with van der Waals surface area (Å²) in [5.41, 5.74) is 7.40. The van der Waals surface area contributed by atoms with Crippen LogP contribution in [0.4, 0.5) is 5.69 Å². The number of nitrogens with one attached hydrogen (secondary N) is 1. The Hall–Kier alpha value is -5.56. The van der Waals surface area contributed by atoms with Crippen LogP contribution in [0, 0.1) is 6.92 Å². The number of ether oxygens (including phenoxy) is 2. The lowest BCUT2D eigenvalue weighted by molar-refractivity contribution is 0.0595. The van der Waals surface area contributed by atoms with Gasteiger partial charge in [0.2, 0.25) is 0 Å². The Kier molecular flexibility index (Phi) is 10.3. The Morgan fingerprint density at radius 1 is 0.796 bits per heavy atom. The smallest absolute Gasteiger partial charge is 0.255 e. The lowest BCUT2D eigenvalue weighted by atomic mass is 9.97. The molecule has 0 saturated carbocycles. The van der Waals surface area contributed by atoms with E-state index in [1.165, 1.54) is 23.3 Å². The number of anilines is 1. The van der Waals surface area contributed by atoms with Crippen LogP contribution < -0.4 is 14.8 Å². The summed E-state index contributed by atoms with van der Waals surface area (Å²) in [4.78, 5) is 27.7. The molecule has 0 aliphatic carbocycles. The van der Waals surface area contributed by atoms with Crippen molar-refractivity contribution in [2.45, 2.75) is 52.2 Å². The summed E-state index contributed by atoms with van der Waals surface area (Å²) < 4.78 is 12.3. The van der Waals surface area contributed by atoms with Crippen molar-refractivity contribution in [1.82, 2.24) is 4.90 Å². The van der Waals surface area contributed by atoms with E-state index in [4.69, 9.17) is 9.47 Å². The number of phenols is 1. The minimum absolute atomic E-state index is 0.0228. The molecule has 250 valence electrons. The summed E-state index contributed by atoms with van der Waals surface area (Å²) in [6.45, 7) is 8.08. The van der Waals surface area contributed by atoms with E-state index in [9.17, 15) is 14.7 Å². The van der Waals surface area contributed by atoms with Gasteiger partial charge in [0.15, 0.2) is 0 Å². The number of carbonyl (C=O) groups is 2. The number of likely N-dealkylation sites (tertiary alicyclic amines) is 1. The highest BCUT2D eigenvalue weighted by Gasteiger charge is 2.25. The number of hydrogen-bond donors (Lipinski definition) is 2. The van der Waals surface area contributed by atoms with Crippen molar-refractivity contribution in [1.29, 1.82) is 0 Å². The number of aromatic hydroxyl groups is 1. The first-order valence-electron chi connectivity index (χ1n) is 16.8. The van der Waals surface area contributed by atoms with E-state index in [1.54, 1.807) is 12.1 Å². The second kappa shape index (κ2) is 15.1. The number of amides is 2. The zero-order valence-electron chi connectivity index (χ0n) is 28.2. The van der Waals surface area contributed by atoms with E-state index in [0.29, 0.717) is 36.7 Å². The fraction of sp³-hybridized carbons (Fsp3) is 0.238. The molecule has 1 saturated heterocycles. The van der Waals surface area contributed by atoms with Crippen LogP contribution in [0.2, 0.25) is 0 Å². The Morgan fingerprint density at radius 3 is 2.18 bits per heavy atom. The molecule has 1 aliphatic heterocycles. The number of nitrogens with zero attached hydrogens (tertiary/aromatic N) is 1. The van der Waals surface area contributed by atoms with E-state index in [-0.39, 0.29) is 23.7 Å². The molecule has 0 radical (unpaired) electrons. The second-order valence-electron chi connectivity index (χ2n) is 12.9. The molecule has 0 bridgehead atoms. The fourth-order valence-corrected chi connectivity index (χ4v) is 6.11. The maximum atomic E-state index is 13.1. The summed E-state index contributed by atoms with van der Waals surface area (Å²) in [6.07, 6.45) is 1.56. The van der Waals surface area contributed by atoms with Gasteiger partial charge in [-0.05, 0) is 113 Å². The molecule has 49 heavy (non-hydrogen) atoms. The van der Waals surface area contributed by atoms with Gasteiger partial charge < -0.3 is 24.8 Å². The van der Waals surface area contributed by atoms with Gasteiger partial charge >= 0.3 is 0 Å². The predicted octanol–water partition coefficient (Wildman–Crippen LogP) is 9.01. The molecule has 2 N–H and O–H groups in total. The van der Waals surface area contributed by atoms with Gasteiger partial charge in [0.25, 0.3) is 11.8 Å². The second-order valence-corrected chi connectivity index (χ2v) is 12.9. The maximum absolute atomic E-state index is 13.1. The van der Waals surface area contributed by atoms with E-state index in [1.807, 2.05) is 89.8 Å². The lowest BCUT2D eigenvalue weighted by Gasteiger charge is -2.32. The molecule has 0 spiro atoms. The molecular formula is C42H42N2O5. The third-order valence-electron chi connectivity index (χ3n) is 8.95. The van der Waals surface area contributed by atoms with Gasteiger partial charge in [0, 0.05) is 42.7 Å². The molecule has 5 aromatic rings. The first kappa shape index (κ1) is 33.3. The van der Waals surface area contributed by atoms with Crippen LogP contribution >= 0.6 is 0 Å². The molecule has 0 unspecified atom stereocenters. The van der Waals surface area contributed by atoms with Gasteiger partial charge in [-0.2, -0.15) is 0 Å². The Bertz CT molecular complexity index is 1890. The first-order chi connectivity index (χ1) is 23.7.